The van der Waals surface area contributed by atoms with E-state index in [4.69, 9.17) is 5.73 Å². The number of carbonyl (C=O) groups is 2. The van der Waals surface area contributed by atoms with Crippen LogP contribution in [0.5, 0.6) is 0 Å². The van der Waals surface area contributed by atoms with Gasteiger partial charge in [-0.1, -0.05) is 24.6 Å². The van der Waals surface area contributed by atoms with Crippen LogP contribution < -0.4 is 16.1 Å². The van der Waals surface area contributed by atoms with Gasteiger partial charge in [-0.15, -0.1) is 0 Å². The first-order chi connectivity index (χ1) is 14.3. The average Bonchev–Trinajstić information content (AvgIpc) is 3.31. The maximum absolute atomic E-state index is 13.0. The van der Waals surface area contributed by atoms with Crippen molar-refractivity contribution in [1.29, 1.82) is 0 Å². The summed E-state index contributed by atoms with van der Waals surface area (Å²) in [7, 11) is -3.22. The van der Waals surface area contributed by atoms with Gasteiger partial charge in [-0.25, -0.2) is 8.42 Å². The number of hydrogen-bond donors (Lipinski definition) is 2. The van der Waals surface area contributed by atoms with Gasteiger partial charge in [0.2, 0.25) is 5.91 Å². The van der Waals surface area contributed by atoms with E-state index in [1.165, 1.54) is 5.01 Å². The summed E-state index contributed by atoms with van der Waals surface area (Å²) in [5.74, 6) is -1.02. The number of carbonyl (C=O) groups excluding carboxylic acids is 2. The first-order valence-corrected chi connectivity index (χ1v) is 12.1. The zero-order valence-corrected chi connectivity index (χ0v) is 17.6. The average molecular weight is 434 g/mol. The van der Waals surface area contributed by atoms with Crippen LogP contribution in [0.3, 0.4) is 0 Å². The lowest BCUT2D eigenvalue weighted by molar-refractivity contribution is -0.119. The Balaban J connectivity index is 1.51. The molecule has 0 spiro atoms. The van der Waals surface area contributed by atoms with Crippen LogP contribution in [0.1, 0.15) is 25.7 Å². The van der Waals surface area contributed by atoms with Gasteiger partial charge in [0.1, 0.15) is 11.8 Å². The van der Waals surface area contributed by atoms with Crippen molar-refractivity contribution in [3.05, 3.63) is 30.3 Å². The molecule has 3 N–H and O–H groups in total. The Morgan fingerprint density at radius 3 is 2.43 bits per heavy atom. The molecule has 30 heavy (non-hydrogen) atoms. The van der Waals surface area contributed by atoms with Crippen LogP contribution in [0.4, 0.5) is 5.69 Å². The number of sulfone groups is 1. The molecule has 3 aliphatic heterocycles. The van der Waals surface area contributed by atoms with E-state index >= 15 is 0 Å². The number of rotatable bonds is 5. The molecule has 0 saturated carbocycles. The number of likely N-dealkylation sites (tertiary alicyclic amines) is 1. The lowest BCUT2D eigenvalue weighted by atomic mass is 10.0. The lowest BCUT2D eigenvalue weighted by Crippen LogP contribution is -2.53. The highest BCUT2D eigenvalue weighted by atomic mass is 32.2. The van der Waals surface area contributed by atoms with Crippen molar-refractivity contribution in [2.75, 3.05) is 29.6 Å². The van der Waals surface area contributed by atoms with Crippen molar-refractivity contribution in [3.8, 4) is 0 Å². The van der Waals surface area contributed by atoms with E-state index in [0.29, 0.717) is 5.69 Å². The number of benzene rings is 1. The number of para-hydroxylation sites is 1. The fourth-order valence-electron chi connectivity index (χ4n) is 4.52. The Hall–Kier alpha value is -2.46. The molecule has 2 fully saturated rings. The number of nitrogens with zero attached hydrogens (tertiary/aromatic N) is 3. The van der Waals surface area contributed by atoms with Gasteiger partial charge in [-0.05, 0) is 38.1 Å². The second-order valence-electron chi connectivity index (χ2n) is 8.17. The normalized spacial score (nSPS) is 28.9. The first kappa shape index (κ1) is 20.8. The Morgan fingerprint density at radius 1 is 1.07 bits per heavy atom. The van der Waals surface area contributed by atoms with Gasteiger partial charge in [0.15, 0.2) is 9.84 Å². The minimum atomic E-state index is -3.22. The highest BCUT2D eigenvalue weighted by Crippen LogP contribution is 2.26. The summed E-state index contributed by atoms with van der Waals surface area (Å²) in [6, 6.07) is 7.59. The van der Waals surface area contributed by atoms with Crippen molar-refractivity contribution in [2.24, 2.45) is 10.8 Å². The summed E-state index contributed by atoms with van der Waals surface area (Å²) < 4.78 is 24.6. The van der Waals surface area contributed by atoms with E-state index in [1.807, 2.05) is 18.2 Å². The number of primary amides is 1. The Bertz CT molecular complexity index is 943. The standard InChI is InChI=1S/C20H27N5O4S/c21-19(26)17-11-15(23-25(17)14-7-3-1-4-8-14)20(27)22-16-12-30(28,29)13-18(16)24-9-5-2-6-10-24/h1,3-4,7-8,16-18H,2,5-6,9-13H2,(H2,21,26)(H,22,27). The number of nitrogens with one attached hydrogen (secondary N) is 1. The highest BCUT2D eigenvalue weighted by Gasteiger charge is 2.43. The Labute approximate surface area is 176 Å². The van der Waals surface area contributed by atoms with Crippen LogP contribution in [0.15, 0.2) is 35.4 Å². The number of piperidine rings is 1. The molecular formula is C20H27N5O4S. The largest absolute Gasteiger partial charge is 0.368 e. The SMILES string of the molecule is NC(=O)C1CC(C(=O)NC2CS(=O)(=O)CC2N2CCCCC2)=NN1c1ccccc1. The third-order valence-corrected chi connectivity index (χ3v) is 7.74. The van der Waals surface area contributed by atoms with E-state index in [1.54, 1.807) is 12.1 Å². The molecule has 3 unspecified atom stereocenters. The molecule has 0 radical (unpaired) electrons. The predicted molar refractivity (Wildman–Crippen MR) is 114 cm³/mol. The summed E-state index contributed by atoms with van der Waals surface area (Å²) in [4.78, 5) is 27.1. The van der Waals surface area contributed by atoms with Crippen molar-refractivity contribution < 1.29 is 18.0 Å². The van der Waals surface area contributed by atoms with Gasteiger partial charge in [-0.3, -0.25) is 19.5 Å². The van der Waals surface area contributed by atoms with Crippen LogP contribution in [0, 0.1) is 0 Å². The Morgan fingerprint density at radius 2 is 1.77 bits per heavy atom. The Kier molecular flexibility index (Phi) is 5.79. The summed E-state index contributed by atoms with van der Waals surface area (Å²) >= 11 is 0. The first-order valence-electron chi connectivity index (χ1n) is 10.3. The maximum Gasteiger partial charge on any atom is 0.267 e. The molecule has 3 heterocycles. The molecule has 9 nitrogen and oxygen atoms in total. The third kappa shape index (κ3) is 4.34. The van der Waals surface area contributed by atoms with Crippen molar-refractivity contribution >= 4 is 33.1 Å². The molecule has 0 bridgehead atoms. The van der Waals surface area contributed by atoms with Gasteiger partial charge >= 0.3 is 0 Å². The third-order valence-electron chi connectivity index (χ3n) is 6.02. The highest BCUT2D eigenvalue weighted by molar-refractivity contribution is 7.91. The molecule has 2 amide bonds. The number of anilines is 1. The van der Waals surface area contributed by atoms with E-state index in [0.717, 1.165) is 32.4 Å². The topological polar surface area (TPSA) is 125 Å². The van der Waals surface area contributed by atoms with Crippen molar-refractivity contribution in [3.63, 3.8) is 0 Å². The monoisotopic (exact) mass is 433 g/mol. The smallest absolute Gasteiger partial charge is 0.267 e. The lowest BCUT2D eigenvalue weighted by Gasteiger charge is -2.34. The number of hydrogen-bond acceptors (Lipinski definition) is 7. The minimum Gasteiger partial charge on any atom is -0.368 e. The molecule has 162 valence electrons. The fourth-order valence-corrected chi connectivity index (χ4v) is 6.47. The van der Waals surface area contributed by atoms with Crippen molar-refractivity contribution in [2.45, 2.75) is 43.8 Å². The second-order valence-corrected chi connectivity index (χ2v) is 10.3. The molecule has 1 aromatic rings. The van der Waals surface area contributed by atoms with Gasteiger partial charge in [0.25, 0.3) is 5.91 Å². The van der Waals surface area contributed by atoms with E-state index in [-0.39, 0.29) is 29.7 Å². The quantitative estimate of drug-likeness (QED) is 0.667. The van der Waals surface area contributed by atoms with Gasteiger partial charge in [-0.2, -0.15) is 5.10 Å². The van der Waals surface area contributed by atoms with Crippen LogP contribution in [0.25, 0.3) is 0 Å². The van der Waals surface area contributed by atoms with Gasteiger partial charge in [0, 0.05) is 12.5 Å². The van der Waals surface area contributed by atoms with Gasteiger partial charge in [0.05, 0.1) is 23.2 Å². The summed E-state index contributed by atoms with van der Waals surface area (Å²) in [6.07, 6.45) is 3.31. The van der Waals surface area contributed by atoms with Crippen LogP contribution >= 0.6 is 0 Å². The maximum atomic E-state index is 13.0. The molecule has 1 aromatic carbocycles. The van der Waals surface area contributed by atoms with Crippen LogP contribution in [0.2, 0.25) is 0 Å². The van der Waals surface area contributed by atoms with Crippen molar-refractivity contribution in [1.82, 2.24) is 10.2 Å². The van der Waals surface area contributed by atoms with Crippen LogP contribution in [-0.4, -0.2) is 73.6 Å². The number of amides is 2. The zero-order valence-electron chi connectivity index (χ0n) is 16.7. The molecule has 0 aliphatic carbocycles. The number of nitrogens with two attached hydrogens (primary N) is 1. The molecule has 3 aliphatic rings. The summed E-state index contributed by atoms with van der Waals surface area (Å²) in [5.41, 5.74) is 6.39. The number of hydrazone groups is 1. The summed E-state index contributed by atoms with van der Waals surface area (Å²) in [5, 5.41) is 8.70. The summed E-state index contributed by atoms with van der Waals surface area (Å²) in [6.45, 7) is 1.69. The second kappa shape index (κ2) is 8.35. The molecular weight excluding hydrogens is 406 g/mol. The van der Waals surface area contributed by atoms with Crippen LogP contribution in [-0.2, 0) is 19.4 Å². The molecule has 3 atom stereocenters. The molecule has 2 saturated heterocycles. The molecule has 10 heteroatoms. The van der Waals surface area contributed by atoms with E-state index in [9.17, 15) is 18.0 Å². The fraction of sp³-hybridized carbons (Fsp3) is 0.550. The van der Waals surface area contributed by atoms with E-state index in [2.05, 4.69) is 15.3 Å². The minimum absolute atomic E-state index is 0.0600. The zero-order chi connectivity index (χ0) is 21.3. The molecule has 4 rings (SSSR count). The van der Waals surface area contributed by atoms with E-state index < -0.39 is 33.7 Å². The molecule has 0 aromatic heterocycles. The predicted octanol–water partition coefficient (Wildman–Crippen LogP) is -0.126. The van der Waals surface area contributed by atoms with Gasteiger partial charge < -0.3 is 11.1 Å².